The molecule has 5 heteroatoms. The van der Waals surface area contributed by atoms with Crippen molar-refractivity contribution >= 4 is 23.6 Å². The van der Waals surface area contributed by atoms with Gasteiger partial charge in [0.2, 0.25) is 11.8 Å². The molecule has 1 aromatic carbocycles. The molecule has 0 saturated heterocycles. The number of nitrogens with one attached hydrogen (secondary N) is 2. The molecule has 0 spiro atoms. The van der Waals surface area contributed by atoms with E-state index < -0.39 is 0 Å². The number of hydrogen-bond donors (Lipinski definition) is 2. The Morgan fingerprint density at radius 3 is 2.27 bits per heavy atom. The highest BCUT2D eigenvalue weighted by Gasteiger charge is 2.23. The Morgan fingerprint density at radius 2 is 1.73 bits per heavy atom. The van der Waals surface area contributed by atoms with Crippen molar-refractivity contribution < 1.29 is 9.59 Å². The van der Waals surface area contributed by atoms with Gasteiger partial charge in [0.05, 0.1) is 5.25 Å². The van der Waals surface area contributed by atoms with Crippen molar-refractivity contribution in [3.63, 3.8) is 0 Å². The molecule has 1 unspecified atom stereocenters. The summed E-state index contributed by atoms with van der Waals surface area (Å²) in [7, 11) is 0. The highest BCUT2D eigenvalue weighted by atomic mass is 32.2. The molecular formula is C17H26N2O2S. The van der Waals surface area contributed by atoms with E-state index in [0.717, 1.165) is 4.90 Å². The number of benzene rings is 1. The lowest BCUT2D eigenvalue weighted by Gasteiger charge is -2.20. The predicted octanol–water partition coefficient (Wildman–Crippen LogP) is 2.83. The van der Waals surface area contributed by atoms with Gasteiger partial charge < -0.3 is 10.6 Å². The molecule has 0 radical (unpaired) electrons. The summed E-state index contributed by atoms with van der Waals surface area (Å²) in [5.74, 6) is 0.169. The highest BCUT2D eigenvalue weighted by molar-refractivity contribution is 8.00. The Morgan fingerprint density at radius 1 is 1.09 bits per heavy atom. The molecule has 0 aliphatic heterocycles. The van der Waals surface area contributed by atoms with Crippen molar-refractivity contribution in [2.45, 2.75) is 50.3 Å². The second-order valence-electron chi connectivity index (χ2n) is 5.86. The zero-order valence-corrected chi connectivity index (χ0v) is 14.6. The zero-order chi connectivity index (χ0) is 16.5. The highest BCUT2D eigenvalue weighted by Crippen LogP contribution is 2.27. The lowest BCUT2D eigenvalue weighted by Crippen LogP contribution is -2.38. The summed E-state index contributed by atoms with van der Waals surface area (Å²) >= 11 is 1.56. The molecule has 2 N–H and O–H groups in total. The Bertz CT molecular complexity index is 475. The summed E-state index contributed by atoms with van der Waals surface area (Å²) in [6, 6.07) is 10.0. The minimum atomic E-state index is -0.157. The van der Waals surface area contributed by atoms with Crippen LogP contribution < -0.4 is 10.6 Å². The van der Waals surface area contributed by atoms with E-state index in [0.29, 0.717) is 13.0 Å². The van der Waals surface area contributed by atoms with Gasteiger partial charge in [0.25, 0.3) is 0 Å². The molecule has 1 aromatic rings. The van der Waals surface area contributed by atoms with Gasteiger partial charge in [-0.05, 0) is 31.9 Å². The van der Waals surface area contributed by atoms with E-state index in [9.17, 15) is 9.59 Å². The maximum atomic E-state index is 12.3. The number of hydrogen-bond acceptors (Lipinski definition) is 3. The normalized spacial score (nSPS) is 12.3. The average molecular weight is 322 g/mol. The third-order valence-electron chi connectivity index (χ3n) is 2.97. The van der Waals surface area contributed by atoms with Gasteiger partial charge in [-0.2, -0.15) is 0 Å². The molecular weight excluding hydrogens is 296 g/mol. The molecule has 1 rings (SSSR count). The molecule has 0 saturated carbocycles. The van der Waals surface area contributed by atoms with Gasteiger partial charge in [-0.25, -0.2) is 0 Å². The molecule has 0 aliphatic carbocycles. The number of carbonyl (C=O) groups is 2. The van der Waals surface area contributed by atoms with Gasteiger partial charge in [-0.1, -0.05) is 32.0 Å². The van der Waals surface area contributed by atoms with E-state index >= 15 is 0 Å². The van der Waals surface area contributed by atoms with Crippen molar-refractivity contribution in [2.75, 3.05) is 6.54 Å². The van der Waals surface area contributed by atoms with Crippen molar-refractivity contribution in [3.8, 4) is 0 Å². The molecule has 22 heavy (non-hydrogen) atoms. The fourth-order valence-corrected chi connectivity index (χ4v) is 3.00. The van der Waals surface area contributed by atoms with Crippen LogP contribution in [0.1, 0.15) is 34.1 Å². The average Bonchev–Trinajstić information content (AvgIpc) is 2.44. The first-order valence-electron chi connectivity index (χ1n) is 7.69. The summed E-state index contributed by atoms with van der Waals surface area (Å²) in [4.78, 5) is 25.0. The SMILES string of the molecule is CC(C)NC(=O)CCNC(=O)C(Sc1ccccc1)C(C)C. The maximum absolute atomic E-state index is 12.3. The van der Waals surface area contributed by atoms with Gasteiger partial charge >= 0.3 is 0 Å². The molecule has 0 fully saturated rings. The van der Waals surface area contributed by atoms with Crippen LogP contribution in [0.4, 0.5) is 0 Å². The van der Waals surface area contributed by atoms with Crippen molar-refractivity contribution in [2.24, 2.45) is 5.92 Å². The Balaban J connectivity index is 2.47. The Labute approximate surface area is 137 Å². The van der Waals surface area contributed by atoms with Gasteiger partial charge in [0, 0.05) is 23.9 Å². The van der Waals surface area contributed by atoms with Crippen LogP contribution in [0.25, 0.3) is 0 Å². The van der Waals surface area contributed by atoms with E-state index in [1.807, 2.05) is 58.0 Å². The number of carbonyl (C=O) groups excluding carboxylic acids is 2. The molecule has 0 aliphatic rings. The largest absolute Gasteiger partial charge is 0.355 e. The van der Waals surface area contributed by atoms with E-state index in [1.165, 1.54) is 0 Å². The van der Waals surface area contributed by atoms with Crippen molar-refractivity contribution in [1.29, 1.82) is 0 Å². The second-order valence-corrected chi connectivity index (χ2v) is 7.07. The monoisotopic (exact) mass is 322 g/mol. The van der Waals surface area contributed by atoms with Crippen LogP contribution in [-0.2, 0) is 9.59 Å². The van der Waals surface area contributed by atoms with Gasteiger partial charge in [-0.3, -0.25) is 9.59 Å². The summed E-state index contributed by atoms with van der Waals surface area (Å²) in [6.45, 7) is 8.27. The van der Waals surface area contributed by atoms with Gasteiger partial charge in [0.1, 0.15) is 0 Å². The van der Waals surface area contributed by atoms with E-state index in [1.54, 1.807) is 11.8 Å². The quantitative estimate of drug-likeness (QED) is 0.724. The van der Waals surface area contributed by atoms with Crippen LogP contribution in [0.5, 0.6) is 0 Å². The Hall–Kier alpha value is -1.49. The van der Waals surface area contributed by atoms with E-state index in [-0.39, 0.29) is 29.0 Å². The predicted molar refractivity (Wildman–Crippen MR) is 91.8 cm³/mol. The topological polar surface area (TPSA) is 58.2 Å². The van der Waals surface area contributed by atoms with Crippen molar-refractivity contribution in [1.82, 2.24) is 10.6 Å². The fourth-order valence-electron chi connectivity index (χ4n) is 1.93. The molecule has 4 nitrogen and oxygen atoms in total. The van der Waals surface area contributed by atoms with Crippen LogP contribution in [-0.4, -0.2) is 29.7 Å². The lowest BCUT2D eigenvalue weighted by atomic mass is 10.1. The molecule has 0 heterocycles. The van der Waals surface area contributed by atoms with E-state index in [4.69, 9.17) is 0 Å². The number of amides is 2. The van der Waals surface area contributed by atoms with Gasteiger partial charge in [-0.15, -0.1) is 11.8 Å². The molecule has 0 aromatic heterocycles. The smallest absolute Gasteiger partial charge is 0.233 e. The minimum absolute atomic E-state index is 0.0128. The number of rotatable bonds is 8. The summed E-state index contributed by atoms with van der Waals surface area (Å²) in [6.07, 6.45) is 0.310. The fraction of sp³-hybridized carbons (Fsp3) is 0.529. The zero-order valence-electron chi connectivity index (χ0n) is 13.8. The summed E-state index contributed by atoms with van der Waals surface area (Å²) in [5.41, 5.74) is 0. The van der Waals surface area contributed by atoms with Crippen LogP contribution in [0, 0.1) is 5.92 Å². The summed E-state index contributed by atoms with van der Waals surface area (Å²) in [5, 5.41) is 5.52. The second kappa shape index (κ2) is 9.51. The summed E-state index contributed by atoms with van der Waals surface area (Å²) < 4.78 is 0. The Kier molecular flexibility index (Phi) is 8.02. The molecule has 0 bridgehead atoms. The first-order chi connectivity index (χ1) is 10.4. The van der Waals surface area contributed by atoms with Crippen LogP contribution in [0.3, 0.4) is 0 Å². The maximum Gasteiger partial charge on any atom is 0.233 e. The first-order valence-corrected chi connectivity index (χ1v) is 8.57. The van der Waals surface area contributed by atoms with E-state index in [2.05, 4.69) is 10.6 Å². The first kappa shape index (κ1) is 18.6. The third kappa shape index (κ3) is 6.98. The standard InChI is InChI=1S/C17H26N2O2S/c1-12(2)16(22-14-8-6-5-7-9-14)17(21)18-11-10-15(20)19-13(3)4/h5-9,12-13,16H,10-11H2,1-4H3,(H,18,21)(H,19,20). The third-order valence-corrected chi connectivity index (χ3v) is 4.53. The molecule has 1 atom stereocenters. The van der Waals surface area contributed by atoms with Crippen LogP contribution in [0.2, 0.25) is 0 Å². The van der Waals surface area contributed by atoms with Gasteiger partial charge in [0.15, 0.2) is 0 Å². The van der Waals surface area contributed by atoms with Crippen LogP contribution in [0.15, 0.2) is 35.2 Å². The minimum Gasteiger partial charge on any atom is -0.355 e. The van der Waals surface area contributed by atoms with Crippen molar-refractivity contribution in [3.05, 3.63) is 30.3 Å². The number of thioether (sulfide) groups is 1. The molecule has 122 valence electrons. The van der Waals surface area contributed by atoms with Crippen LogP contribution >= 0.6 is 11.8 Å². The lowest BCUT2D eigenvalue weighted by molar-refractivity contribution is -0.122. The molecule has 2 amide bonds.